The Morgan fingerprint density at radius 1 is 1.32 bits per heavy atom. The summed E-state index contributed by atoms with van der Waals surface area (Å²) in [6.07, 6.45) is 5.27. The van der Waals surface area contributed by atoms with Crippen molar-refractivity contribution in [3.63, 3.8) is 0 Å². The highest BCUT2D eigenvalue weighted by Gasteiger charge is 2.31. The van der Waals surface area contributed by atoms with Crippen LogP contribution in [0, 0.1) is 0 Å². The number of phenols is 1. The van der Waals surface area contributed by atoms with Crippen LogP contribution in [0.5, 0.6) is 5.75 Å². The summed E-state index contributed by atoms with van der Waals surface area (Å²) in [6.45, 7) is 0.737. The van der Waals surface area contributed by atoms with E-state index < -0.39 is 0 Å². The van der Waals surface area contributed by atoms with Crippen molar-refractivity contribution in [3.8, 4) is 5.75 Å². The fourth-order valence-electron chi connectivity index (χ4n) is 2.96. The second kappa shape index (κ2) is 5.45. The minimum absolute atomic E-state index is 0.0827. The van der Waals surface area contributed by atoms with Crippen LogP contribution in [0.4, 0.5) is 5.69 Å². The third-order valence-corrected chi connectivity index (χ3v) is 5.28. The van der Waals surface area contributed by atoms with E-state index in [4.69, 9.17) is 0 Å². The van der Waals surface area contributed by atoms with E-state index in [-0.39, 0.29) is 16.9 Å². The highest BCUT2D eigenvalue weighted by Crippen LogP contribution is 2.37. The molecule has 2 aliphatic heterocycles. The number of benzene rings is 1. The van der Waals surface area contributed by atoms with Crippen molar-refractivity contribution in [2.45, 2.75) is 37.4 Å². The maximum absolute atomic E-state index is 12.7. The largest absolute Gasteiger partial charge is 0.506 e. The zero-order chi connectivity index (χ0) is 13.2. The lowest BCUT2D eigenvalue weighted by Crippen LogP contribution is -2.41. The molecule has 0 aromatic heterocycles. The van der Waals surface area contributed by atoms with Crippen molar-refractivity contribution >= 4 is 23.4 Å². The Kier molecular flexibility index (Phi) is 3.69. The molecule has 3 nitrogen and oxygen atoms in total. The van der Waals surface area contributed by atoms with Crippen LogP contribution in [0.25, 0.3) is 0 Å². The van der Waals surface area contributed by atoms with Crippen LogP contribution in [0.2, 0.25) is 0 Å². The molecular formula is C15H19NO2S. The molecule has 1 saturated heterocycles. The molecule has 4 heteroatoms. The lowest BCUT2D eigenvalue weighted by Gasteiger charge is -2.33. The van der Waals surface area contributed by atoms with Crippen LogP contribution in [-0.2, 0) is 11.2 Å². The summed E-state index contributed by atoms with van der Waals surface area (Å²) in [5.74, 6) is 1.51. The molecule has 1 fully saturated rings. The maximum atomic E-state index is 12.7. The zero-order valence-electron chi connectivity index (χ0n) is 11.0. The Balaban J connectivity index is 1.88. The molecule has 19 heavy (non-hydrogen) atoms. The summed E-state index contributed by atoms with van der Waals surface area (Å²) >= 11 is 1.77. The van der Waals surface area contributed by atoms with E-state index in [2.05, 4.69) is 0 Å². The number of fused-ring (bicyclic) bond motifs is 1. The molecule has 0 saturated carbocycles. The van der Waals surface area contributed by atoms with Gasteiger partial charge in [0.25, 0.3) is 0 Å². The molecule has 1 N–H and O–H groups in total. The number of nitrogens with zero attached hydrogens (tertiary/aromatic N) is 1. The Labute approximate surface area is 118 Å². The Hall–Kier alpha value is -1.16. The smallest absolute Gasteiger partial charge is 0.240 e. The van der Waals surface area contributed by atoms with E-state index in [9.17, 15) is 9.90 Å². The molecule has 2 aliphatic rings. The van der Waals surface area contributed by atoms with Gasteiger partial charge >= 0.3 is 0 Å². The molecule has 0 radical (unpaired) electrons. The number of phenolic OH excluding ortho intramolecular Hbond substituents is 1. The Bertz CT molecular complexity index is 483. The number of anilines is 1. The zero-order valence-corrected chi connectivity index (χ0v) is 11.8. The number of rotatable bonds is 1. The average molecular weight is 277 g/mol. The fraction of sp³-hybridized carbons (Fsp3) is 0.533. The second-order valence-electron chi connectivity index (χ2n) is 5.23. The summed E-state index contributed by atoms with van der Waals surface area (Å²) in [7, 11) is 0. The van der Waals surface area contributed by atoms with Gasteiger partial charge in [-0.2, -0.15) is 0 Å². The summed E-state index contributed by atoms with van der Waals surface area (Å²) in [5.41, 5.74) is 1.85. The third-order valence-electron chi connectivity index (χ3n) is 3.92. The van der Waals surface area contributed by atoms with Crippen molar-refractivity contribution in [2.75, 3.05) is 17.2 Å². The third kappa shape index (κ3) is 2.46. The van der Waals surface area contributed by atoms with Crippen molar-refractivity contribution in [1.29, 1.82) is 0 Å². The van der Waals surface area contributed by atoms with Crippen LogP contribution in [-0.4, -0.2) is 28.6 Å². The number of carbonyl (C=O) groups excluding carboxylic acids is 1. The normalized spacial score (nSPS) is 22.9. The number of carbonyl (C=O) groups is 1. The average Bonchev–Trinajstić information content (AvgIpc) is 2.47. The van der Waals surface area contributed by atoms with Gasteiger partial charge in [-0.3, -0.25) is 4.79 Å². The molecule has 102 valence electrons. The number of para-hydroxylation sites is 1. The Morgan fingerprint density at radius 3 is 3.00 bits per heavy atom. The van der Waals surface area contributed by atoms with Crippen molar-refractivity contribution < 1.29 is 9.90 Å². The van der Waals surface area contributed by atoms with E-state index >= 15 is 0 Å². The van der Waals surface area contributed by atoms with Crippen LogP contribution in [0.1, 0.15) is 31.2 Å². The lowest BCUT2D eigenvalue weighted by molar-refractivity contribution is -0.118. The van der Waals surface area contributed by atoms with E-state index in [0.29, 0.717) is 0 Å². The molecule has 1 amide bonds. The molecule has 3 rings (SSSR count). The van der Waals surface area contributed by atoms with Crippen LogP contribution in [0.3, 0.4) is 0 Å². The first-order chi connectivity index (χ1) is 9.27. The van der Waals surface area contributed by atoms with E-state index in [1.807, 2.05) is 17.0 Å². The van der Waals surface area contributed by atoms with E-state index in [1.54, 1.807) is 17.8 Å². The molecule has 1 unspecified atom stereocenters. The molecule has 1 atom stereocenters. The highest BCUT2D eigenvalue weighted by atomic mass is 32.2. The summed E-state index contributed by atoms with van der Waals surface area (Å²) < 4.78 is 0. The maximum Gasteiger partial charge on any atom is 0.240 e. The topological polar surface area (TPSA) is 40.5 Å². The SMILES string of the molecule is O=C(C1CCCCS1)N1CCCc2cccc(O)c21. The molecular weight excluding hydrogens is 258 g/mol. The van der Waals surface area contributed by atoms with E-state index in [0.717, 1.165) is 49.2 Å². The number of aryl methyl sites for hydroxylation is 1. The predicted molar refractivity (Wildman–Crippen MR) is 78.9 cm³/mol. The van der Waals surface area contributed by atoms with Gasteiger partial charge in [0.1, 0.15) is 5.75 Å². The van der Waals surface area contributed by atoms with Crippen LogP contribution < -0.4 is 4.90 Å². The Morgan fingerprint density at radius 2 is 2.21 bits per heavy atom. The highest BCUT2D eigenvalue weighted by molar-refractivity contribution is 8.00. The second-order valence-corrected chi connectivity index (χ2v) is 6.54. The minimum atomic E-state index is 0.0827. The molecule has 1 aromatic rings. The first-order valence-electron chi connectivity index (χ1n) is 7.01. The van der Waals surface area contributed by atoms with Gasteiger partial charge < -0.3 is 10.0 Å². The van der Waals surface area contributed by atoms with Gasteiger partial charge in [-0.05, 0) is 43.1 Å². The van der Waals surface area contributed by atoms with Gasteiger partial charge in [-0.15, -0.1) is 11.8 Å². The monoisotopic (exact) mass is 277 g/mol. The van der Waals surface area contributed by atoms with Gasteiger partial charge in [0, 0.05) is 6.54 Å². The van der Waals surface area contributed by atoms with Crippen molar-refractivity contribution in [3.05, 3.63) is 23.8 Å². The van der Waals surface area contributed by atoms with Crippen molar-refractivity contribution in [2.24, 2.45) is 0 Å². The van der Waals surface area contributed by atoms with E-state index in [1.165, 1.54) is 6.42 Å². The van der Waals surface area contributed by atoms with Gasteiger partial charge in [-0.25, -0.2) is 0 Å². The van der Waals surface area contributed by atoms with Crippen LogP contribution in [0.15, 0.2) is 18.2 Å². The molecule has 1 aromatic carbocycles. The number of hydrogen-bond donors (Lipinski definition) is 1. The van der Waals surface area contributed by atoms with Crippen LogP contribution >= 0.6 is 11.8 Å². The fourth-order valence-corrected chi connectivity index (χ4v) is 4.22. The molecule has 0 spiro atoms. The number of aromatic hydroxyl groups is 1. The predicted octanol–water partition coefficient (Wildman–Crippen LogP) is 2.96. The lowest BCUT2D eigenvalue weighted by atomic mass is 10.00. The summed E-state index contributed by atoms with van der Waals surface area (Å²) in [5, 5.41) is 10.2. The molecule has 2 heterocycles. The first kappa shape index (κ1) is 12.9. The standard InChI is InChI=1S/C15H19NO2S/c17-12-7-3-5-11-6-4-9-16(14(11)12)15(18)13-8-1-2-10-19-13/h3,5,7,13,17H,1-2,4,6,8-10H2. The minimum Gasteiger partial charge on any atom is -0.506 e. The molecule has 0 aliphatic carbocycles. The van der Waals surface area contributed by atoms with Gasteiger partial charge in [0.05, 0.1) is 10.9 Å². The molecule has 0 bridgehead atoms. The number of hydrogen-bond acceptors (Lipinski definition) is 3. The quantitative estimate of drug-likeness (QED) is 0.858. The van der Waals surface area contributed by atoms with Gasteiger partial charge in [0.15, 0.2) is 0 Å². The summed E-state index contributed by atoms with van der Waals surface area (Å²) in [6, 6.07) is 5.55. The number of amides is 1. The van der Waals surface area contributed by atoms with Gasteiger partial charge in [0.2, 0.25) is 5.91 Å². The van der Waals surface area contributed by atoms with Crippen molar-refractivity contribution in [1.82, 2.24) is 0 Å². The first-order valence-corrected chi connectivity index (χ1v) is 8.06. The number of thioether (sulfide) groups is 1. The summed E-state index contributed by atoms with van der Waals surface area (Å²) in [4.78, 5) is 14.5. The van der Waals surface area contributed by atoms with Gasteiger partial charge in [-0.1, -0.05) is 18.6 Å².